The lowest BCUT2D eigenvalue weighted by molar-refractivity contribution is -0.160. The van der Waals surface area contributed by atoms with Crippen molar-refractivity contribution >= 4 is 5.97 Å². The van der Waals surface area contributed by atoms with Crippen LogP contribution in [0.1, 0.15) is 39.4 Å². The molecule has 1 atom stereocenters. The first-order valence-corrected chi connectivity index (χ1v) is 7.04. The first-order valence-electron chi connectivity index (χ1n) is 7.04. The van der Waals surface area contributed by atoms with Crippen LogP contribution in [-0.4, -0.2) is 34.2 Å². The van der Waals surface area contributed by atoms with Gasteiger partial charge < -0.3 is 14.3 Å². The Bertz CT molecular complexity index is 572. The summed E-state index contributed by atoms with van der Waals surface area (Å²) in [5, 5.41) is 9.18. The van der Waals surface area contributed by atoms with Gasteiger partial charge in [0.2, 0.25) is 5.43 Å². The summed E-state index contributed by atoms with van der Waals surface area (Å²) in [5.41, 5.74) is -1.000. The van der Waals surface area contributed by atoms with Crippen LogP contribution >= 0.6 is 0 Å². The van der Waals surface area contributed by atoms with Crippen LogP contribution in [0.5, 0.6) is 5.75 Å². The molecule has 1 aromatic rings. The van der Waals surface area contributed by atoms with Gasteiger partial charge >= 0.3 is 5.97 Å². The summed E-state index contributed by atoms with van der Waals surface area (Å²) >= 11 is 0. The number of carbonyl (C=O) groups is 1. The van der Waals surface area contributed by atoms with E-state index in [-0.39, 0.29) is 12.0 Å². The van der Waals surface area contributed by atoms with E-state index in [0.29, 0.717) is 12.3 Å². The van der Waals surface area contributed by atoms with Gasteiger partial charge in [-0.15, -0.1) is 0 Å². The largest absolute Gasteiger partial charge is 0.502 e. The topological polar surface area (TPSA) is 80.0 Å². The molecule has 1 saturated heterocycles. The number of rotatable bonds is 3. The molecule has 0 bridgehead atoms. The molecule has 2 rings (SSSR count). The Kier molecular flexibility index (Phi) is 4.37. The average Bonchev–Trinajstić information content (AvgIpc) is 2.80. The SMILES string of the molecule is CC(C)(C)OC(=O)[C@@H]1CCCN1Cc1cc(=O)c(O)co1. The molecule has 6 nitrogen and oxygen atoms in total. The van der Waals surface area contributed by atoms with Gasteiger partial charge in [-0.1, -0.05) is 0 Å². The number of ether oxygens (including phenoxy) is 1. The molecule has 116 valence electrons. The van der Waals surface area contributed by atoms with Crippen LogP contribution in [0.25, 0.3) is 0 Å². The Labute approximate surface area is 123 Å². The van der Waals surface area contributed by atoms with E-state index in [1.807, 2.05) is 25.7 Å². The summed E-state index contributed by atoms with van der Waals surface area (Å²) in [6.45, 7) is 6.60. The normalized spacial score (nSPS) is 19.7. The minimum atomic E-state index is -0.517. The van der Waals surface area contributed by atoms with E-state index in [1.54, 1.807) is 0 Å². The Balaban J connectivity index is 2.06. The van der Waals surface area contributed by atoms with Gasteiger partial charge in [0.15, 0.2) is 5.75 Å². The quantitative estimate of drug-likeness (QED) is 0.854. The van der Waals surface area contributed by atoms with Crippen LogP contribution in [0.2, 0.25) is 0 Å². The van der Waals surface area contributed by atoms with E-state index >= 15 is 0 Å². The number of esters is 1. The van der Waals surface area contributed by atoms with E-state index in [0.717, 1.165) is 25.6 Å². The highest BCUT2D eigenvalue weighted by molar-refractivity contribution is 5.76. The molecule has 0 amide bonds. The second-order valence-electron chi connectivity index (χ2n) is 6.26. The lowest BCUT2D eigenvalue weighted by Crippen LogP contribution is -2.40. The first-order chi connectivity index (χ1) is 9.76. The van der Waals surface area contributed by atoms with Crippen molar-refractivity contribution in [2.75, 3.05) is 6.54 Å². The van der Waals surface area contributed by atoms with Crippen molar-refractivity contribution < 1.29 is 19.1 Å². The standard InChI is InChI=1S/C15H21NO5/c1-15(2,3)21-14(19)11-5-4-6-16(11)8-10-7-12(17)13(18)9-20-10/h7,9,11,18H,4-6,8H2,1-3H3/t11-/m0/s1. The number of aromatic hydroxyl groups is 1. The maximum Gasteiger partial charge on any atom is 0.323 e. The van der Waals surface area contributed by atoms with Crippen molar-refractivity contribution in [1.29, 1.82) is 0 Å². The lowest BCUT2D eigenvalue weighted by atomic mass is 10.1. The van der Waals surface area contributed by atoms with Crippen molar-refractivity contribution in [2.24, 2.45) is 0 Å². The molecular formula is C15H21NO5. The molecule has 1 aliphatic rings. The van der Waals surface area contributed by atoms with Gasteiger partial charge in [0, 0.05) is 6.07 Å². The zero-order valence-corrected chi connectivity index (χ0v) is 12.6. The summed E-state index contributed by atoms with van der Waals surface area (Å²) in [6, 6.07) is 0.933. The van der Waals surface area contributed by atoms with Crippen molar-refractivity contribution in [3.8, 4) is 5.75 Å². The number of nitrogens with zero attached hydrogens (tertiary/aromatic N) is 1. The van der Waals surface area contributed by atoms with E-state index < -0.39 is 16.8 Å². The Morgan fingerprint density at radius 2 is 2.24 bits per heavy atom. The third-order valence-corrected chi connectivity index (χ3v) is 3.27. The smallest absolute Gasteiger partial charge is 0.323 e. The maximum atomic E-state index is 12.2. The van der Waals surface area contributed by atoms with Crippen LogP contribution in [0.15, 0.2) is 21.5 Å². The Morgan fingerprint density at radius 1 is 1.52 bits per heavy atom. The predicted octanol–water partition coefficient (Wildman–Crippen LogP) is 1.65. The van der Waals surface area contributed by atoms with E-state index in [1.165, 1.54) is 6.07 Å². The number of likely N-dealkylation sites (tertiary alicyclic amines) is 1. The number of hydrogen-bond donors (Lipinski definition) is 1. The molecule has 0 aliphatic carbocycles. The molecule has 0 spiro atoms. The Morgan fingerprint density at radius 3 is 2.86 bits per heavy atom. The van der Waals surface area contributed by atoms with Crippen molar-refractivity contribution in [1.82, 2.24) is 4.90 Å². The molecule has 1 fully saturated rings. The fraction of sp³-hybridized carbons (Fsp3) is 0.600. The zero-order valence-electron chi connectivity index (χ0n) is 12.6. The van der Waals surface area contributed by atoms with Gasteiger partial charge in [0.05, 0.1) is 6.54 Å². The average molecular weight is 295 g/mol. The summed E-state index contributed by atoms with van der Waals surface area (Å²) in [7, 11) is 0. The van der Waals surface area contributed by atoms with E-state index in [9.17, 15) is 14.7 Å². The van der Waals surface area contributed by atoms with Crippen molar-refractivity contribution in [3.05, 3.63) is 28.3 Å². The van der Waals surface area contributed by atoms with Gasteiger partial charge in [-0.05, 0) is 40.2 Å². The van der Waals surface area contributed by atoms with E-state index in [4.69, 9.17) is 9.15 Å². The molecule has 2 heterocycles. The molecule has 6 heteroatoms. The monoisotopic (exact) mass is 295 g/mol. The second kappa shape index (κ2) is 5.89. The fourth-order valence-electron chi connectivity index (χ4n) is 2.38. The van der Waals surface area contributed by atoms with Crippen LogP contribution in [0.4, 0.5) is 0 Å². The molecule has 1 aromatic heterocycles. The summed E-state index contributed by atoms with van der Waals surface area (Å²) in [5.74, 6) is -0.238. The van der Waals surface area contributed by atoms with E-state index in [2.05, 4.69) is 0 Å². The van der Waals surface area contributed by atoms with Crippen LogP contribution in [-0.2, 0) is 16.1 Å². The highest BCUT2D eigenvalue weighted by Gasteiger charge is 2.34. The minimum absolute atomic E-state index is 0.249. The first kappa shape index (κ1) is 15.6. The summed E-state index contributed by atoms with van der Waals surface area (Å²) in [4.78, 5) is 25.5. The highest BCUT2D eigenvalue weighted by Crippen LogP contribution is 2.23. The lowest BCUT2D eigenvalue weighted by Gasteiger charge is -2.26. The third-order valence-electron chi connectivity index (χ3n) is 3.27. The molecular weight excluding hydrogens is 274 g/mol. The molecule has 0 radical (unpaired) electrons. The second-order valence-corrected chi connectivity index (χ2v) is 6.26. The van der Waals surface area contributed by atoms with Crippen LogP contribution in [0.3, 0.4) is 0 Å². The predicted molar refractivity (Wildman–Crippen MR) is 75.9 cm³/mol. The van der Waals surface area contributed by atoms with Gasteiger partial charge in [-0.2, -0.15) is 0 Å². The van der Waals surface area contributed by atoms with Crippen molar-refractivity contribution in [2.45, 2.75) is 51.8 Å². The minimum Gasteiger partial charge on any atom is -0.502 e. The molecule has 1 aliphatic heterocycles. The van der Waals surface area contributed by atoms with Crippen molar-refractivity contribution in [3.63, 3.8) is 0 Å². The van der Waals surface area contributed by atoms with Gasteiger partial charge in [0.25, 0.3) is 0 Å². The molecule has 0 aromatic carbocycles. The third kappa shape index (κ3) is 4.07. The highest BCUT2D eigenvalue weighted by atomic mass is 16.6. The number of carbonyl (C=O) groups excluding carboxylic acids is 1. The number of hydrogen-bond acceptors (Lipinski definition) is 6. The van der Waals surface area contributed by atoms with Gasteiger partial charge in [0.1, 0.15) is 23.7 Å². The van der Waals surface area contributed by atoms with Gasteiger partial charge in [-0.25, -0.2) is 0 Å². The van der Waals surface area contributed by atoms with Gasteiger partial charge in [-0.3, -0.25) is 14.5 Å². The van der Waals surface area contributed by atoms with Crippen LogP contribution < -0.4 is 5.43 Å². The zero-order chi connectivity index (χ0) is 15.6. The fourth-order valence-corrected chi connectivity index (χ4v) is 2.38. The molecule has 0 saturated carbocycles. The summed E-state index contributed by atoms with van der Waals surface area (Å²) < 4.78 is 10.6. The molecule has 21 heavy (non-hydrogen) atoms. The Hall–Kier alpha value is -1.82. The van der Waals surface area contributed by atoms with Crippen LogP contribution in [0, 0.1) is 0 Å². The summed E-state index contributed by atoms with van der Waals surface area (Å²) in [6.07, 6.45) is 2.65. The molecule has 1 N–H and O–H groups in total. The molecule has 0 unspecified atom stereocenters. The maximum absolute atomic E-state index is 12.2.